The summed E-state index contributed by atoms with van der Waals surface area (Å²) in [5, 5.41) is 0. The number of benzene rings is 2. The van der Waals surface area contributed by atoms with E-state index in [2.05, 4.69) is 6.07 Å². The van der Waals surface area contributed by atoms with Crippen molar-refractivity contribution in [3.63, 3.8) is 0 Å². The summed E-state index contributed by atoms with van der Waals surface area (Å²) in [6, 6.07) is 11.4. The summed E-state index contributed by atoms with van der Waals surface area (Å²) >= 11 is 0. The predicted octanol–water partition coefficient (Wildman–Crippen LogP) is 3.09. The molecule has 0 amide bonds. The van der Waals surface area contributed by atoms with Crippen LogP contribution >= 0.6 is 0 Å². The molecule has 97 valence electrons. The number of ether oxygens (including phenoxy) is 2. The van der Waals surface area contributed by atoms with E-state index in [1.807, 2.05) is 31.1 Å². The van der Waals surface area contributed by atoms with Gasteiger partial charge in [-0.05, 0) is 29.8 Å². The summed E-state index contributed by atoms with van der Waals surface area (Å²) in [6.07, 6.45) is 0. The van der Waals surface area contributed by atoms with Gasteiger partial charge in [0, 0.05) is 31.4 Å². The smallest absolute Gasteiger partial charge is 0.231 e. The lowest BCUT2D eigenvalue weighted by molar-refractivity contribution is 0.174. The molecule has 0 aromatic heterocycles. The summed E-state index contributed by atoms with van der Waals surface area (Å²) in [7, 11) is 3.76. The fraction of sp³-hybridized carbons (Fsp3) is 0.200. The van der Waals surface area contributed by atoms with Crippen LogP contribution in [0.25, 0.3) is 11.1 Å². The maximum atomic E-state index is 14.1. The first-order valence-electron chi connectivity index (χ1n) is 5.94. The van der Waals surface area contributed by atoms with Gasteiger partial charge in [0.05, 0.1) is 0 Å². The van der Waals surface area contributed by atoms with Crippen molar-refractivity contribution in [2.75, 3.05) is 25.8 Å². The van der Waals surface area contributed by atoms with Crippen molar-refractivity contribution in [3.05, 3.63) is 42.2 Å². The van der Waals surface area contributed by atoms with E-state index in [4.69, 9.17) is 9.47 Å². The van der Waals surface area contributed by atoms with Crippen LogP contribution < -0.4 is 14.4 Å². The zero-order valence-electron chi connectivity index (χ0n) is 10.7. The van der Waals surface area contributed by atoms with Crippen LogP contribution in [0.3, 0.4) is 0 Å². The topological polar surface area (TPSA) is 21.7 Å². The first kappa shape index (κ1) is 11.8. The lowest BCUT2D eigenvalue weighted by atomic mass is 10.0. The Morgan fingerprint density at radius 2 is 1.95 bits per heavy atom. The predicted molar refractivity (Wildman–Crippen MR) is 71.1 cm³/mol. The molecular formula is C15H13FNO2. The van der Waals surface area contributed by atoms with Crippen molar-refractivity contribution in [1.29, 1.82) is 0 Å². The Labute approximate surface area is 111 Å². The van der Waals surface area contributed by atoms with Gasteiger partial charge in [0.25, 0.3) is 0 Å². The van der Waals surface area contributed by atoms with Crippen LogP contribution in [0.2, 0.25) is 0 Å². The van der Waals surface area contributed by atoms with Gasteiger partial charge < -0.3 is 14.4 Å². The highest BCUT2D eigenvalue weighted by Crippen LogP contribution is 2.39. The van der Waals surface area contributed by atoms with Crippen molar-refractivity contribution in [1.82, 2.24) is 0 Å². The van der Waals surface area contributed by atoms with E-state index >= 15 is 0 Å². The second kappa shape index (κ2) is 4.46. The van der Waals surface area contributed by atoms with Gasteiger partial charge in [0.2, 0.25) is 6.79 Å². The van der Waals surface area contributed by atoms with Crippen molar-refractivity contribution in [2.24, 2.45) is 0 Å². The quantitative estimate of drug-likeness (QED) is 0.826. The maximum Gasteiger partial charge on any atom is 0.231 e. The highest BCUT2D eigenvalue weighted by molar-refractivity contribution is 5.80. The Balaban J connectivity index is 2.16. The van der Waals surface area contributed by atoms with Crippen LogP contribution in [0, 0.1) is 11.9 Å². The molecule has 0 saturated carbocycles. The molecule has 1 radical (unpaired) electrons. The Bertz CT molecular complexity index is 626. The second-order valence-corrected chi connectivity index (χ2v) is 4.51. The Hall–Kier alpha value is -2.23. The maximum absolute atomic E-state index is 14.1. The standard InChI is InChI=1S/C15H13FNO2/c1-17(2)12-5-3-4-11(16)15(12)10-6-7-13-14(8-10)19-9-18-13/h3,5-8H,9H2,1-2H3. The molecule has 1 aliphatic rings. The molecule has 0 spiro atoms. The van der Waals surface area contributed by atoms with Gasteiger partial charge in [-0.1, -0.05) is 6.07 Å². The van der Waals surface area contributed by atoms with Crippen molar-refractivity contribution in [2.45, 2.75) is 0 Å². The minimum atomic E-state index is -0.370. The highest BCUT2D eigenvalue weighted by atomic mass is 19.1. The number of rotatable bonds is 2. The van der Waals surface area contributed by atoms with Gasteiger partial charge >= 0.3 is 0 Å². The normalized spacial score (nSPS) is 12.6. The third-order valence-corrected chi connectivity index (χ3v) is 3.07. The monoisotopic (exact) mass is 258 g/mol. The van der Waals surface area contributed by atoms with Gasteiger partial charge in [-0.15, -0.1) is 0 Å². The van der Waals surface area contributed by atoms with E-state index in [0.29, 0.717) is 17.1 Å². The molecule has 0 atom stereocenters. The average Bonchev–Trinajstić information content (AvgIpc) is 2.85. The number of nitrogens with zero attached hydrogens (tertiary/aromatic N) is 1. The third-order valence-electron chi connectivity index (χ3n) is 3.07. The molecule has 2 aromatic carbocycles. The Kier molecular flexibility index (Phi) is 2.78. The van der Waals surface area contributed by atoms with Crippen LogP contribution in [-0.4, -0.2) is 20.9 Å². The summed E-state index contributed by atoms with van der Waals surface area (Å²) < 4.78 is 24.7. The van der Waals surface area contributed by atoms with E-state index in [-0.39, 0.29) is 12.6 Å². The lowest BCUT2D eigenvalue weighted by Crippen LogP contribution is -2.10. The largest absolute Gasteiger partial charge is 0.454 e. The van der Waals surface area contributed by atoms with Gasteiger partial charge in [-0.2, -0.15) is 0 Å². The van der Waals surface area contributed by atoms with Crippen LogP contribution in [0.4, 0.5) is 10.1 Å². The zero-order chi connectivity index (χ0) is 13.4. The molecule has 3 rings (SSSR count). The SMILES string of the molecule is CN(C)c1cc[c]c(F)c1-c1ccc2c(c1)OCO2. The zero-order valence-corrected chi connectivity index (χ0v) is 10.7. The van der Waals surface area contributed by atoms with E-state index in [1.54, 1.807) is 18.2 Å². The molecule has 0 N–H and O–H groups in total. The molecule has 2 aromatic rings. The molecule has 0 bridgehead atoms. The van der Waals surface area contributed by atoms with Crippen LogP contribution in [0.1, 0.15) is 0 Å². The highest BCUT2D eigenvalue weighted by Gasteiger charge is 2.18. The summed E-state index contributed by atoms with van der Waals surface area (Å²) in [4.78, 5) is 1.87. The molecular weight excluding hydrogens is 245 g/mol. The van der Waals surface area contributed by atoms with E-state index in [9.17, 15) is 4.39 Å². The number of hydrogen-bond donors (Lipinski definition) is 0. The van der Waals surface area contributed by atoms with E-state index in [1.165, 1.54) is 0 Å². The minimum Gasteiger partial charge on any atom is -0.454 e. The Morgan fingerprint density at radius 1 is 1.16 bits per heavy atom. The van der Waals surface area contributed by atoms with Crippen LogP contribution in [-0.2, 0) is 0 Å². The third kappa shape index (κ3) is 1.99. The van der Waals surface area contributed by atoms with Crippen LogP contribution in [0.15, 0.2) is 30.3 Å². The second-order valence-electron chi connectivity index (χ2n) is 4.51. The fourth-order valence-electron chi connectivity index (χ4n) is 2.16. The molecule has 3 nitrogen and oxygen atoms in total. The lowest BCUT2D eigenvalue weighted by Gasteiger charge is -2.18. The Morgan fingerprint density at radius 3 is 2.74 bits per heavy atom. The molecule has 1 heterocycles. The number of hydrogen-bond acceptors (Lipinski definition) is 3. The van der Waals surface area contributed by atoms with Gasteiger partial charge in [-0.25, -0.2) is 4.39 Å². The first-order chi connectivity index (χ1) is 9.16. The van der Waals surface area contributed by atoms with Gasteiger partial charge in [-0.3, -0.25) is 0 Å². The van der Waals surface area contributed by atoms with Gasteiger partial charge in [0.15, 0.2) is 11.5 Å². The molecule has 0 fully saturated rings. The number of halogens is 1. The number of fused-ring (bicyclic) bond motifs is 1. The summed E-state index contributed by atoms with van der Waals surface area (Å²) in [5.74, 6) is 0.964. The van der Waals surface area contributed by atoms with Crippen LogP contribution in [0.5, 0.6) is 11.5 Å². The van der Waals surface area contributed by atoms with Crippen molar-refractivity contribution >= 4 is 5.69 Å². The molecule has 1 aliphatic heterocycles. The summed E-state index contributed by atoms with van der Waals surface area (Å²) in [6.45, 7) is 0.211. The van der Waals surface area contributed by atoms with Crippen molar-refractivity contribution < 1.29 is 13.9 Å². The summed E-state index contributed by atoms with van der Waals surface area (Å²) in [5.41, 5.74) is 2.07. The molecule has 19 heavy (non-hydrogen) atoms. The van der Waals surface area contributed by atoms with E-state index in [0.717, 1.165) is 11.3 Å². The number of anilines is 1. The van der Waals surface area contributed by atoms with Gasteiger partial charge in [0.1, 0.15) is 5.82 Å². The first-order valence-corrected chi connectivity index (χ1v) is 5.94. The molecule has 0 aliphatic carbocycles. The fourth-order valence-corrected chi connectivity index (χ4v) is 2.16. The molecule has 0 saturated heterocycles. The molecule has 0 unspecified atom stereocenters. The molecule has 4 heteroatoms. The van der Waals surface area contributed by atoms with E-state index < -0.39 is 0 Å². The average molecular weight is 258 g/mol. The van der Waals surface area contributed by atoms with Crippen molar-refractivity contribution in [3.8, 4) is 22.6 Å². The minimum absolute atomic E-state index is 0.211.